The molecule has 0 atom stereocenters. The van der Waals surface area contributed by atoms with Crippen LogP contribution in [0, 0.1) is 0 Å². The predicted octanol–water partition coefficient (Wildman–Crippen LogP) is 1.38. The first-order chi connectivity index (χ1) is 6.49. The van der Waals surface area contributed by atoms with Crippen LogP contribution in [0.3, 0.4) is 0 Å². The highest BCUT2D eigenvalue weighted by Crippen LogP contribution is 2.14. The van der Waals surface area contributed by atoms with Gasteiger partial charge in [-0.1, -0.05) is 6.07 Å². The molecule has 14 heavy (non-hydrogen) atoms. The van der Waals surface area contributed by atoms with Crippen LogP contribution in [-0.2, 0) is 11.5 Å². The normalized spacial score (nSPS) is 11.6. The van der Waals surface area contributed by atoms with E-state index in [0.717, 1.165) is 4.57 Å². The van der Waals surface area contributed by atoms with E-state index in [0.29, 0.717) is 0 Å². The van der Waals surface area contributed by atoms with Crippen molar-refractivity contribution < 1.29 is 17.9 Å². The molecule has 1 aromatic rings. The number of ether oxygens (including phenoxy) is 1. The number of alkyl halides is 3. The first-order valence-corrected chi connectivity index (χ1v) is 3.79. The van der Waals surface area contributed by atoms with Crippen molar-refractivity contribution in [1.82, 2.24) is 4.57 Å². The molecule has 0 aromatic carbocycles. The number of hydrogen-bond acceptors (Lipinski definition) is 2. The third kappa shape index (κ3) is 3.61. The van der Waals surface area contributed by atoms with E-state index in [1.54, 1.807) is 6.07 Å². The van der Waals surface area contributed by atoms with Gasteiger partial charge in [-0.2, -0.15) is 13.2 Å². The Labute approximate surface area is 77.7 Å². The Morgan fingerprint density at radius 3 is 2.64 bits per heavy atom. The molecule has 78 valence electrons. The molecule has 0 N–H and O–H groups in total. The maximum absolute atomic E-state index is 11.6. The standard InChI is InChI=1S/C8H8F3NO2/c9-8(10,11)5-14-6-12-4-2-1-3-7(12)13/h1-4H,5-6H2. The second-order valence-electron chi connectivity index (χ2n) is 2.60. The van der Waals surface area contributed by atoms with E-state index in [2.05, 4.69) is 4.74 Å². The number of rotatable bonds is 3. The fourth-order valence-electron chi connectivity index (χ4n) is 0.827. The summed E-state index contributed by atoms with van der Waals surface area (Å²) in [7, 11) is 0. The SMILES string of the molecule is O=c1ccccn1COCC(F)(F)F. The molecule has 1 rings (SSSR count). The molecule has 0 bridgehead atoms. The van der Waals surface area contributed by atoms with Crippen LogP contribution in [0.5, 0.6) is 0 Å². The maximum atomic E-state index is 11.6. The fourth-order valence-corrected chi connectivity index (χ4v) is 0.827. The summed E-state index contributed by atoms with van der Waals surface area (Å²) < 4.78 is 40.3. The van der Waals surface area contributed by atoms with E-state index in [4.69, 9.17) is 0 Å². The molecule has 0 aliphatic heterocycles. The number of hydrogen-bond donors (Lipinski definition) is 0. The summed E-state index contributed by atoms with van der Waals surface area (Å²) in [5.41, 5.74) is -0.394. The van der Waals surface area contributed by atoms with Crippen LogP contribution in [0.25, 0.3) is 0 Å². The van der Waals surface area contributed by atoms with Gasteiger partial charge in [0, 0.05) is 12.3 Å². The summed E-state index contributed by atoms with van der Waals surface area (Å²) in [5.74, 6) is 0. The highest BCUT2D eigenvalue weighted by atomic mass is 19.4. The van der Waals surface area contributed by atoms with Gasteiger partial charge in [-0.25, -0.2) is 0 Å². The summed E-state index contributed by atoms with van der Waals surface area (Å²) in [6.07, 6.45) is -3.00. The van der Waals surface area contributed by atoms with E-state index >= 15 is 0 Å². The van der Waals surface area contributed by atoms with Crippen molar-refractivity contribution in [3.05, 3.63) is 34.7 Å². The lowest BCUT2D eigenvalue weighted by molar-refractivity contribution is -0.182. The van der Waals surface area contributed by atoms with Crippen LogP contribution in [0.15, 0.2) is 29.2 Å². The predicted molar refractivity (Wildman–Crippen MR) is 42.7 cm³/mol. The molecule has 0 amide bonds. The number of pyridine rings is 1. The minimum atomic E-state index is -4.36. The monoisotopic (exact) mass is 207 g/mol. The van der Waals surface area contributed by atoms with Crippen molar-refractivity contribution >= 4 is 0 Å². The minimum absolute atomic E-state index is 0.390. The van der Waals surface area contributed by atoms with Crippen LogP contribution in [-0.4, -0.2) is 17.4 Å². The molecule has 0 aliphatic rings. The minimum Gasteiger partial charge on any atom is -0.351 e. The van der Waals surface area contributed by atoms with Gasteiger partial charge in [0.15, 0.2) is 0 Å². The van der Waals surface area contributed by atoms with Crippen molar-refractivity contribution in [2.45, 2.75) is 12.9 Å². The Kier molecular flexibility index (Phi) is 3.29. The Hall–Kier alpha value is -1.30. The summed E-state index contributed by atoms with van der Waals surface area (Å²) >= 11 is 0. The van der Waals surface area contributed by atoms with Gasteiger partial charge >= 0.3 is 6.18 Å². The third-order valence-corrected chi connectivity index (χ3v) is 1.40. The van der Waals surface area contributed by atoms with Gasteiger partial charge in [0.05, 0.1) is 0 Å². The maximum Gasteiger partial charge on any atom is 0.411 e. The lowest BCUT2D eigenvalue weighted by atomic mass is 10.5. The zero-order valence-electron chi connectivity index (χ0n) is 7.12. The molecule has 3 nitrogen and oxygen atoms in total. The van der Waals surface area contributed by atoms with E-state index in [1.807, 2.05) is 0 Å². The summed E-state index contributed by atoms with van der Waals surface area (Å²) in [5, 5.41) is 0. The van der Waals surface area contributed by atoms with E-state index in [9.17, 15) is 18.0 Å². The Bertz CT molecular complexity index is 345. The van der Waals surface area contributed by atoms with Gasteiger partial charge in [-0.15, -0.1) is 0 Å². The quantitative estimate of drug-likeness (QED) is 0.749. The van der Waals surface area contributed by atoms with Gasteiger partial charge in [-0.3, -0.25) is 9.36 Å². The van der Waals surface area contributed by atoms with Crippen molar-refractivity contribution in [1.29, 1.82) is 0 Å². The molecule has 0 aliphatic carbocycles. The number of halogens is 3. The molecule has 1 aromatic heterocycles. The first kappa shape index (κ1) is 10.8. The average Bonchev–Trinajstić information content (AvgIpc) is 2.06. The lowest BCUT2D eigenvalue weighted by Crippen LogP contribution is -2.23. The summed E-state index contributed by atoms with van der Waals surface area (Å²) in [4.78, 5) is 11.0. The molecule has 0 radical (unpaired) electrons. The van der Waals surface area contributed by atoms with Gasteiger partial charge in [0.2, 0.25) is 0 Å². The summed E-state index contributed by atoms with van der Waals surface area (Å²) in [6.45, 7) is -1.74. The zero-order valence-corrected chi connectivity index (χ0v) is 7.12. The zero-order chi connectivity index (χ0) is 10.6. The second kappa shape index (κ2) is 4.28. The smallest absolute Gasteiger partial charge is 0.351 e. The number of nitrogens with zero attached hydrogens (tertiary/aromatic N) is 1. The molecule has 0 saturated carbocycles. The van der Waals surface area contributed by atoms with Gasteiger partial charge < -0.3 is 4.74 Å². The molecule has 0 spiro atoms. The summed E-state index contributed by atoms with van der Waals surface area (Å²) in [6, 6.07) is 4.29. The van der Waals surface area contributed by atoms with E-state index in [-0.39, 0.29) is 6.73 Å². The molecule has 1 heterocycles. The van der Waals surface area contributed by atoms with Crippen molar-refractivity contribution in [3.63, 3.8) is 0 Å². The van der Waals surface area contributed by atoms with Crippen LogP contribution in [0.2, 0.25) is 0 Å². The van der Waals surface area contributed by atoms with Crippen LogP contribution in [0.1, 0.15) is 0 Å². The first-order valence-electron chi connectivity index (χ1n) is 3.79. The second-order valence-corrected chi connectivity index (χ2v) is 2.60. The van der Waals surface area contributed by atoms with Gasteiger partial charge in [-0.05, 0) is 6.07 Å². The van der Waals surface area contributed by atoms with E-state index < -0.39 is 18.3 Å². The third-order valence-electron chi connectivity index (χ3n) is 1.40. The van der Waals surface area contributed by atoms with Crippen molar-refractivity contribution in [3.8, 4) is 0 Å². The van der Waals surface area contributed by atoms with Crippen LogP contribution >= 0.6 is 0 Å². The number of aromatic nitrogens is 1. The molecular formula is C8H8F3NO2. The Balaban J connectivity index is 2.47. The molecule has 0 unspecified atom stereocenters. The van der Waals surface area contributed by atoms with E-state index in [1.165, 1.54) is 18.3 Å². The van der Waals surface area contributed by atoms with Crippen molar-refractivity contribution in [2.75, 3.05) is 6.61 Å². The Morgan fingerprint density at radius 2 is 2.07 bits per heavy atom. The molecule has 0 saturated heterocycles. The largest absolute Gasteiger partial charge is 0.411 e. The molecule has 0 fully saturated rings. The lowest BCUT2D eigenvalue weighted by Gasteiger charge is -2.08. The highest BCUT2D eigenvalue weighted by molar-refractivity contribution is 4.92. The molecular weight excluding hydrogens is 199 g/mol. The van der Waals surface area contributed by atoms with Gasteiger partial charge in [0.25, 0.3) is 5.56 Å². The van der Waals surface area contributed by atoms with Crippen molar-refractivity contribution in [2.24, 2.45) is 0 Å². The topological polar surface area (TPSA) is 31.2 Å². The van der Waals surface area contributed by atoms with Gasteiger partial charge in [0.1, 0.15) is 13.3 Å². The van der Waals surface area contributed by atoms with Crippen LogP contribution < -0.4 is 5.56 Å². The average molecular weight is 207 g/mol. The Morgan fingerprint density at radius 1 is 1.36 bits per heavy atom. The fraction of sp³-hybridized carbons (Fsp3) is 0.375. The highest BCUT2D eigenvalue weighted by Gasteiger charge is 2.27. The molecule has 6 heteroatoms. The van der Waals surface area contributed by atoms with Crippen LogP contribution in [0.4, 0.5) is 13.2 Å².